The van der Waals surface area contributed by atoms with Crippen molar-refractivity contribution < 1.29 is 4.79 Å². The quantitative estimate of drug-likeness (QED) is 0.890. The van der Waals surface area contributed by atoms with E-state index in [4.69, 9.17) is 28.9 Å². The van der Waals surface area contributed by atoms with Crippen molar-refractivity contribution in [2.75, 3.05) is 6.54 Å². The summed E-state index contributed by atoms with van der Waals surface area (Å²) in [7, 11) is 0. The fraction of sp³-hybridized carbons (Fsp3) is 0.462. The Bertz CT molecular complexity index is 384. The molecular formula is C13H17Cl2NO. The van der Waals surface area contributed by atoms with Gasteiger partial charge in [0.25, 0.3) is 0 Å². The highest BCUT2D eigenvalue weighted by molar-refractivity contribution is 6.34. The average Bonchev–Trinajstić information content (AvgIpc) is 2.23. The summed E-state index contributed by atoms with van der Waals surface area (Å²) in [5, 5.41) is 1.14. The molecule has 0 unspecified atom stereocenters. The van der Waals surface area contributed by atoms with Gasteiger partial charge in [0.2, 0.25) is 0 Å². The van der Waals surface area contributed by atoms with Crippen molar-refractivity contribution >= 4 is 29.0 Å². The Kier molecular flexibility index (Phi) is 5.44. The smallest absolute Gasteiger partial charge is 0.136 e. The lowest BCUT2D eigenvalue weighted by molar-refractivity contribution is -0.122. The minimum Gasteiger partial charge on any atom is -0.330 e. The molecule has 0 aromatic heterocycles. The van der Waals surface area contributed by atoms with E-state index >= 15 is 0 Å². The van der Waals surface area contributed by atoms with E-state index in [9.17, 15) is 4.79 Å². The Hall–Kier alpha value is -0.570. The fourth-order valence-corrected chi connectivity index (χ4v) is 2.17. The Balaban J connectivity index is 2.89. The molecule has 0 aliphatic heterocycles. The molecule has 17 heavy (non-hydrogen) atoms. The largest absolute Gasteiger partial charge is 0.330 e. The van der Waals surface area contributed by atoms with Crippen LogP contribution in [0.5, 0.6) is 0 Å². The van der Waals surface area contributed by atoms with Gasteiger partial charge in [0.1, 0.15) is 5.78 Å². The normalized spacial score (nSPS) is 12.8. The van der Waals surface area contributed by atoms with Gasteiger partial charge in [0.15, 0.2) is 0 Å². The minimum atomic E-state index is -0.0129. The van der Waals surface area contributed by atoms with Gasteiger partial charge in [-0.3, -0.25) is 4.79 Å². The molecule has 94 valence electrons. The molecule has 1 aromatic rings. The molecule has 0 amide bonds. The van der Waals surface area contributed by atoms with Crippen molar-refractivity contribution in [3.8, 4) is 0 Å². The second-order valence-corrected chi connectivity index (χ2v) is 5.33. The minimum absolute atomic E-state index is 0.0129. The molecule has 0 spiro atoms. The zero-order valence-corrected chi connectivity index (χ0v) is 11.6. The van der Waals surface area contributed by atoms with E-state index in [1.54, 1.807) is 6.07 Å². The highest BCUT2D eigenvalue weighted by Crippen LogP contribution is 2.27. The van der Waals surface area contributed by atoms with Gasteiger partial charge < -0.3 is 5.73 Å². The monoisotopic (exact) mass is 273 g/mol. The number of carbonyl (C=O) groups is 1. The zero-order valence-electron chi connectivity index (χ0n) is 10.0. The Morgan fingerprint density at radius 2 is 1.76 bits per heavy atom. The molecule has 2 N–H and O–H groups in total. The van der Waals surface area contributed by atoms with E-state index in [1.165, 1.54) is 0 Å². The van der Waals surface area contributed by atoms with E-state index in [0.717, 1.165) is 5.56 Å². The number of benzene rings is 1. The summed E-state index contributed by atoms with van der Waals surface area (Å²) in [6, 6.07) is 5.31. The molecule has 2 nitrogen and oxygen atoms in total. The molecule has 1 rings (SSSR count). The van der Waals surface area contributed by atoms with Gasteiger partial charge in [-0.1, -0.05) is 37.0 Å². The predicted molar refractivity (Wildman–Crippen MR) is 72.7 cm³/mol. The second kappa shape index (κ2) is 6.39. The topological polar surface area (TPSA) is 43.1 Å². The second-order valence-electron chi connectivity index (χ2n) is 4.46. The SMILES string of the molecule is CC(C)C(=O)C[C@H](CN)c1cc(Cl)cc(Cl)c1. The van der Waals surface area contributed by atoms with Crippen molar-refractivity contribution in [2.24, 2.45) is 11.7 Å². The van der Waals surface area contributed by atoms with Gasteiger partial charge in [-0.2, -0.15) is 0 Å². The van der Waals surface area contributed by atoms with Crippen LogP contribution in [0, 0.1) is 5.92 Å². The van der Waals surface area contributed by atoms with Crippen molar-refractivity contribution in [3.63, 3.8) is 0 Å². The average molecular weight is 274 g/mol. The first kappa shape index (κ1) is 14.5. The van der Waals surface area contributed by atoms with Crippen LogP contribution in [0.1, 0.15) is 31.7 Å². The van der Waals surface area contributed by atoms with Crippen molar-refractivity contribution in [3.05, 3.63) is 33.8 Å². The van der Waals surface area contributed by atoms with E-state index in [-0.39, 0.29) is 17.6 Å². The zero-order chi connectivity index (χ0) is 13.0. The van der Waals surface area contributed by atoms with E-state index < -0.39 is 0 Å². The standard InChI is InChI=1S/C13H17Cl2NO/c1-8(2)13(17)5-10(7-16)9-3-11(14)6-12(15)4-9/h3-4,6,8,10H,5,7,16H2,1-2H3/t10-/m1/s1. The molecule has 1 aromatic carbocycles. The van der Waals surface area contributed by atoms with Gasteiger partial charge in [-0.25, -0.2) is 0 Å². The fourth-order valence-electron chi connectivity index (χ4n) is 1.63. The molecule has 0 saturated heterocycles. The van der Waals surface area contributed by atoms with Crippen LogP contribution in [0.25, 0.3) is 0 Å². The number of Topliss-reactive ketones (excluding diaryl/α,β-unsaturated/α-hetero) is 1. The van der Waals surface area contributed by atoms with Crippen LogP contribution in [0.15, 0.2) is 18.2 Å². The maximum absolute atomic E-state index is 11.7. The number of ketones is 1. The van der Waals surface area contributed by atoms with Gasteiger partial charge >= 0.3 is 0 Å². The number of hydrogen-bond donors (Lipinski definition) is 1. The van der Waals surface area contributed by atoms with Crippen molar-refractivity contribution in [1.29, 1.82) is 0 Å². The maximum atomic E-state index is 11.7. The van der Waals surface area contributed by atoms with Gasteiger partial charge in [0.05, 0.1) is 0 Å². The van der Waals surface area contributed by atoms with E-state index in [2.05, 4.69) is 0 Å². The number of hydrogen-bond acceptors (Lipinski definition) is 2. The highest BCUT2D eigenvalue weighted by atomic mass is 35.5. The Labute approximate surface area is 112 Å². The van der Waals surface area contributed by atoms with Gasteiger partial charge in [-0.15, -0.1) is 0 Å². The highest BCUT2D eigenvalue weighted by Gasteiger charge is 2.17. The summed E-state index contributed by atoms with van der Waals surface area (Å²) >= 11 is 11.9. The molecular weight excluding hydrogens is 257 g/mol. The maximum Gasteiger partial charge on any atom is 0.136 e. The number of nitrogens with two attached hydrogens (primary N) is 1. The third kappa shape index (κ3) is 4.30. The van der Waals surface area contributed by atoms with Crippen LogP contribution in [0.3, 0.4) is 0 Å². The lowest BCUT2D eigenvalue weighted by Crippen LogP contribution is -2.19. The first-order valence-electron chi connectivity index (χ1n) is 5.62. The molecule has 0 bridgehead atoms. The first-order valence-corrected chi connectivity index (χ1v) is 6.38. The van der Waals surface area contributed by atoms with Gasteiger partial charge in [0, 0.05) is 28.3 Å². The van der Waals surface area contributed by atoms with Crippen LogP contribution in [0.4, 0.5) is 0 Å². The summed E-state index contributed by atoms with van der Waals surface area (Å²) in [6.45, 7) is 4.19. The lowest BCUT2D eigenvalue weighted by atomic mass is 9.90. The summed E-state index contributed by atoms with van der Waals surface area (Å²) in [4.78, 5) is 11.7. The summed E-state index contributed by atoms with van der Waals surface area (Å²) in [6.07, 6.45) is 0.435. The number of carbonyl (C=O) groups excluding carboxylic acids is 1. The summed E-state index contributed by atoms with van der Waals surface area (Å²) in [5.74, 6) is 0.219. The molecule has 4 heteroatoms. The first-order chi connectivity index (χ1) is 7.93. The lowest BCUT2D eigenvalue weighted by Gasteiger charge is -2.16. The van der Waals surface area contributed by atoms with Crippen LogP contribution < -0.4 is 5.73 Å². The van der Waals surface area contributed by atoms with E-state index in [1.807, 2.05) is 26.0 Å². The third-order valence-electron chi connectivity index (χ3n) is 2.73. The van der Waals surface area contributed by atoms with Crippen LogP contribution in [-0.2, 0) is 4.79 Å². The summed E-state index contributed by atoms with van der Waals surface area (Å²) in [5.41, 5.74) is 6.64. The molecule has 0 fully saturated rings. The Morgan fingerprint density at radius 3 is 2.18 bits per heavy atom. The van der Waals surface area contributed by atoms with Crippen LogP contribution >= 0.6 is 23.2 Å². The molecule has 0 saturated carbocycles. The van der Waals surface area contributed by atoms with E-state index in [0.29, 0.717) is 23.0 Å². The van der Waals surface area contributed by atoms with Gasteiger partial charge in [-0.05, 0) is 30.3 Å². The Morgan fingerprint density at radius 1 is 1.24 bits per heavy atom. The van der Waals surface area contributed by atoms with Crippen molar-refractivity contribution in [1.82, 2.24) is 0 Å². The molecule has 1 atom stereocenters. The summed E-state index contributed by atoms with van der Waals surface area (Å²) < 4.78 is 0. The predicted octanol–water partition coefficient (Wildman–Crippen LogP) is 3.65. The third-order valence-corrected chi connectivity index (χ3v) is 3.17. The number of halogens is 2. The molecule has 0 heterocycles. The molecule has 0 aliphatic rings. The molecule has 0 radical (unpaired) electrons. The number of rotatable bonds is 5. The van der Waals surface area contributed by atoms with Crippen molar-refractivity contribution in [2.45, 2.75) is 26.2 Å². The van der Waals surface area contributed by atoms with Crippen LogP contribution in [0.2, 0.25) is 10.0 Å². The molecule has 0 aliphatic carbocycles. The van der Waals surface area contributed by atoms with Crippen LogP contribution in [-0.4, -0.2) is 12.3 Å².